The number of fused-ring (bicyclic) bond motifs is 7. The molecule has 5 rings (SSSR count). The highest BCUT2D eigenvalue weighted by Crippen LogP contribution is 2.32. The number of nitrogens with zero attached hydrogens (tertiary/aromatic N) is 5. The Hall–Kier alpha value is -3.52. The largest absolute Gasteiger partial charge is 0.475 e. The van der Waals surface area contributed by atoms with Gasteiger partial charge in [-0.15, -0.1) is 0 Å². The Balaban J connectivity index is 1.62. The molecule has 1 aromatic carbocycles. The minimum Gasteiger partial charge on any atom is -0.475 e. The first-order valence-electron chi connectivity index (χ1n) is 11.2. The van der Waals surface area contributed by atoms with Crippen LogP contribution in [0.5, 0.6) is 5.88 Å². The molecule has 33 heavy (non-hydrogen) atoms. The average Bonchev–Trinajstić information content (AvgIpc) is 3.31. The molecule has 8 heteroatoms. The molecule has 1 amide bonds. The molecule has 4 heterocycles. The summed E-state index contributed by atoms with van der Waals surface area (Å²) in [6, 6.07) is 11.6. The second kappa shape index (κ2) is 8.44. The van der Waals surface area contributed by atoms with E-state index in [-0.39, 0.29) is 18.4 Å². The van der Waals surface area contributed by atoms with E-state index in [2.05, 4.69) is 39.0 Å². The lowest BCUT2D eigenvalue weighted by molar-refractivity contribution is 0.0841. The third-order valence-electron chi connectivity index (χ3n) is 6.11. The highest BCUT2D eigenvalue weighted by molar-refractivity contribution is 6.12. The highest BCUT2D eigenvalue weighted by atomic mass is 16.5. The summed E-state index contributed by atoms with van der Waals surface area (Å²) in [4.78, 5) is 24.5. The van der Waals surface area contributed by atoms with Gasteiger partial charge in [0.1, 0.15) is 12.4 Å². The van der Waals surface area contributed by atoms with Crippen molar-refractivity contribution < 1.29 is 14.6 Å². The lowest BCUT2D eigenvalue weighted by Crippen LogP contribution is -2.34. The first kappa shape index (κ1) is 21.3. The lowest BCUT2D eigenvalue weighted by Gasteiger charge is -2.25. The Morgan fingerprint density at radius 1 is 1.21 bits per heavy atom. The zero-order valence-electron chi connectivity index (χ0n) is 19.0. The topological polar surface area (TPSA) is 92.8 Å². The number of rotatable bonds is 0. The van der Waals surface area contributed by atoms with E-state index >= 15 is 0 Å². The maximum absolute atomic E-state index is 13.3. The third kappa shape index (κ3) is 4.14. The lowest BCUT2D eigenvalue weighted by atomic mass is 10.0. The van der Waals surface area contributed by atoms with Crippen molar-refractivity contribution in [2.24, 2.45) is 18.0 Å². The fourth-order valence-electron chi connectivity index (χ4n) is 4.61. The van der Waals surface area contributed by atoms with Crippen LogP contribution in [-0.4, -0.2) is 50.9 Å². The molecule has 2 bridgehead atoms. The number of aromatic nitrogens is 3. The van der Waals surface area contributed by atoms with Crippen LogP contribution in [0.25, 0.3) is 11.3 Å². The van der Waals surface area contributed by atoms with Gasteiger partial charge in [0.15, 0.2) is 0 Å². The molecule has 0 fully saturated rings. The van der Waals surface area contributed by atoms with Crippen LogP contribution >= 0.6 is 0 Å². The second-order valence-electron chi connectivity index (χ2n) is 8.92. The van der Waals surface area contributed by atoms with Crippen molar-refractivity contribution in [2.45, 2.75) is 32.8 Å². The number of aliphatic imine (C=N–C) groups is 1. The first-order valence-corrected chi connectivity index (χ1v) is 11.2. The van der Waals surface area contributed by atoms with Crippen LogP contribution in [0.15, 0.2) is 47.6 Å². The number of aliphatic hydroxyl groups is 1. The number of amidine groups is 1. The van der Waals surface area contributed by atoms with E-state index in [4.69, 9.17) is 4.74 Å². The minimum atomic E-state index is -0.645. The molecular formula is C25H27N5O3. The van der Waals surface area contributed by atoms with Gasteiger partial charge < -0.3 is 14.7 Å². The summed E-state index contributed by atoms with van der Waals surface area (Å²) >= 11 is 0. The van der Waals surface area contributed by atoms with Crippen LogP contribution < -0.4 is 9.64 Å². The summed E-state index contributed by atoms with van der Waals surface area (Å²) in [5.74, 6) is 1.08. The molecule has 0 spiro atoms. The second-order valence-corrected chi connectivity index (χ2v) is 8.92. The molecule has 8 nitrogen and oxygen atoms in total. The molecule has 0 saturated carbocycles. The molecule has 0 radical (unpaired) electrons. The number of aliphatic hydroxyl groups excluding tert-OH is 1. The van der Waals surface area contributed by atoms with Gasteiger partial charge in [0, 0.05) is 37.0 Å². The van der Waals surface area contributed by atoms with Crippen LogP contribution in [0.3, 0.4) is 0 Å². The molecule has 3 aromatic rings. The van der Waals surface area contributed by atoms with E-state index in [1.807, 2.05) is 19.1 Å². The average molecular weight is 446 g/mol. The van der Waals surface area contributed by atoms with Crippen molar-refractivity contribution >= 4 is 17.4 Å². The van der Waals surface area contributed by atoms with Gasteiger partial charge in [-0.25, -0.2) is 4.68 Å². The standard InChI is InChI=1S/C25H27N5O3/c1-15-8-19(31)14-33-25-20(12-26-29(25)3)21-10-18(9-16(2)27-21)24(32)28-23-11-17-6-4-5-7-22(17)30(23)13-15/h4-7,9-10,12,15,19,31H,8,11,13-14H2,1-3H3/t15-,19+/m1/s1. The number of ether oxygens (including phenoxy) is 1. The van der Waals surface area contributed by atoms with Crippen molar-refractivity contribution in [3.8, 4) is 17.1 Å². The molecule has 0 saturated heterocycles. The van der Waals surface area contributed by atoms with E-state index in [1.54, 1.807) is 30.1 Å². The van der Waals surface area contributed by atoms with E-state index < -0.39 is 6.10 Å². The zero-order valence-corrected chi connectivity index (χ0v) is 19.0. The van der Waals surface area contributed by atoms with Crippen molar-refractivity contribution in [3.05, 3.63) is 59.4 Å². The number of para-hydroxylation sites is 1. The molecule has 2 aromatic heterocycles. The molecule has 2 atom stereocenters. The van der Waals surface area contributed by atoms with Gasteiger partial charge in [-0.05, 0) is 43.0 Å². The van der Waals surface area contributed by atoms with Crippen LogP contribution in [0.2, 0.25) is 0 Å². The summed E-state index contributed by atoms with van der Waals surface area (Å²) in [5.41, 5.74) is 4.65. The number of carbonyl (C=O) groups excluding carboxylic acids is 1. The van der Waals surface area contributed by atoms with Gasteiger partial charge >= 0.3 is 0 Å². The van der Waals surface area contributed by atoms with Gasteiger partial charge in [-0.1, -0.05) is 25.1 Å². The maximum atomic E-state index is 13.3. The summed E-state index contributed by atoms with van der Waals surface area (Å²) in [7, 11) is 1.78. The third-order valence-corrected chi connectivity index (χ3v) is 6.11. The first-order chi connectivity index (χ1) is 15.9. The maximum Gasteiger partial charge on any atom is 0.278 e. The zero-order chi connectivity index (χ0) is 23.1. The van der Waals surface area contributed by atoms with Gasteiger partial charge in [0.25, 0.3) is 5.91 Å². The Morgan fingerprint density at radius 3 is 2.88 bits per heavy atom. The molecule has 170 valence electrons. The number of pyridine rings is 1. The summed E-state index contributed by atoms with van der Waals surface area (Å²) < 4.78 is 7.60. The quantitative estimate of drug-likeness (QED) is 0.571. The van der Waals surface area contributed by atoms with Crippen LogP contribution in [0.4, 0.5) is 5.69 Å². The monoisotopic (exact) mass is 445 g/mol. The number of hydrogen-bond acceptors (Lipinski definition) is 6. The predicted molar refractivity (Wildman–Crippen MR) is 126 cm³/mol. The van der Waals surface area contributed by atoms with Crippen molar-refractivity contribution in [2.75, 3.05) is 18.1 Å². The van der Waals surface area contributed by atoms with Crippen LogP contribution in [-0.2, 0) is 13.5 Å². The fraction of sp³-hybridized carbons (Fsp3) is 0.360. The number of amides is 1. The number of aryl methyl sites for hydroxylation is 2. The number of carbonyl (C=O) groups is 1. The smallest absolute Gasteiger partial charge is 0.278 e. The van der Waals surface area contributed by atoms with Gasteiger partial charge in [0.05, 0.1) is 23.6 Å². The SMILES string of the molecule is Cc1cc2cc(n1)-c1cnn(C)c1OC[C@@H](O)C[C@@H](C)CN1C(=NC2=O)Cc2ccccc21. The van der Waals surface area contributed by atoms with Crippen molar-refractivity contribution in [3.63, 3.8) is 0 Å². The number of benzene rings is 1. The predicted octanol–water partition coefficient (Wildman–Crippen LogP) is 3.17. The van der Waals surface area contributed by atoms with Crippen molar-refractivity contribution in [1.29, 1.82) is 0 Å². The Bertz CT molecular complexity index is 1250. The van der Waals surface area contributed by atoms with E-state index in [0.29, 0.717) is 47.8 Å². The van der Waals surface area contributed by atoms with Crippen molar-refractivity contribution in [1.82, 2.24) is 14.8 Å². The molecule has 0 unspecified atom stereocenters. The minimum absolute atomic E-state index is 0.145. The summed E-state index contributed by atoms with van der Waals surface area (Å²) in [6.07, 6.45) is 2.18. The Morgan fingerprint density at radius 2 is 2.03 bits per heavy atom. The summed E-state index contributed by atoms with van der Waals surface area (Å²) in [5, 5.41) is 15.0. The van der Waals surface area contributed by atoms with E-state index in [9.17, 15) is 9.90 Å². The van der Waals surface area contributed by atoms with Crippen LogP contribution in [0, 0.1) is 12.8 Å². The van der Waals surface area contributed by atoms with Gasteiger partial charge in [-0.2, -0.15) is 10.1 Å². The highest BCUT2D eigenvalue weighted by Gasteiger charge is 2.29. The van der Waals surface area contributed by atoms with Crippen LogP contribution in [0.1, 0.15) is 35.0 Å². The van der Waals surface area contributed by atoms with E-state index in [0.717, 1.165) is 17.1 Å². The summed E-state index contributed by atoms with van der Waals surface area (Å²) in [6.45, 7) is 4.74. The Kier molecular flexibility index (Phi) is 5.46. The number of anilines is 1. The number of hydrogen-bond donors (Lipinski definition) is 1. The van der Waals surface area contributed by atoms with Gasteiger partial charge in [-0.3, -0.25) is 9.78 Å². The normalized spacial score (nSPS) is 20.7. The Labute approximate surface area is 192 Å². The molecular weight excluding hydrogens is 418 g/mol. The molecule has 2 aliphatic rings. The van der Waals surface area contributed by atoms with Gasteiger partial charge in [0.2, 0.25) is 5.88 Å². The fourth-order valence-corrected chi connectivity index (χ4v) is 4.61. The molecule has 1 N–H and O–H groups in total. The van der Waals surface area contributed by atoms with E-state index in [1.165, 1.54) is 0 Å². The molecule has 2 aliphatic heterocycles. The molecule has 0 aliphatic carbocycles.